The standard InChI is InChI=1S/C23H19F3N4O2S/c1-12-4-9-17(13(2)10-12)19-21-20(27-14(3)33-21)22(32)30(29-19)11-18(31)28-16-7-5-15(6-8-16)23(24,25)26/h4-10H,11H2,1-3H3,(H,28,31). The zero-order valence-corrected chi connectivity index (χ0v) is 18.8. The number of carbonyl (C=O) groups excluding carboxylic acids is 1. The zero-order chi connectivity index (χ0) is 23.9. The number of amides is 1. The van der Waals surface area contributed by atoms with E-state index in [9.17, 15) is 22.8 Å². The molecule has 0 bridgehead atoms. The molecule has 0 spiro atoms. The van der Waals surface area contributed by atoms with Crippen LogP contribution in [0.3, 0.4) is 0 Å². The van der Waals surface area contributed by atoms with Gasteiger partial charge in [-0.2, -0.15) is 18.3 Å². The molecule has 2 aromatic carbocycles. The molecule has 2 aromatic heterocycles. The average molecular weight is 472 g/mol. The van der Waals surface area contributed by atoms with Gasteiger partial charge in [-0.1, -0.05) is 23.8 Å². The van der Waals surface area contributed by atoms with E-state index < -0.39 is 29.8 Å². The zero-order valence-electron chi connectivity index (χ0n) is 17.9. The first-order valence-electron chi connectivity index (χ1n) is 9.96. The lowest BCUT2D eigenvalue weighted by Gasteiger charge is -2.12. The highest BCUT2D eigenvalue weighted by Crippen LogP contribution is 2.32. The van der Waals surface area contributed by atoms with E-state index in [2.05, 4.69) is 15.4 Å². The van der Waals surface area contributed by atoms with Gasteiger partial charge in [-0.3, -0.25) is 9.59 Å². The molecule has 0 aliphatic rings. The van der Waals surface area contributed by atoms with Gasteiger partial charge in [-0.15, -0.1) is 11.3 Å². The molecule has 10 heteroatoms. The number of halogens is 3. The van der Waals surface area contributed by atoms with Crippen LogP contribution in [0.25, 0.3) is 21.5 Å². The first-order chi connectivity index (χ1) is 15.5. The van der Waals surface area contributed by atoms with Crippen molar-refractivity contribution in [2.45, 2.75) is 33.5 Å². The number of thiazole rings is 1. The van der Waals surface area contributed by atoms with E-state index in [0.29, 0.717) is 15.4 Å². The Kier molecular flexibility index (Phi) is 5.79. The van der Waals surface area contributed by atoms with Gasteiger partial charge in [0.1, 0.15) is 12.2 Å². The number of fused-ring (bicyclic) bond motifs is 1. The molecular weight excluding hydrogens is 453 g/mol. The number of anilines is 1. The lowest BCUT2D eigenvalue weighted by Crippen LogP contribution is -2.30. The Balaban J connectivity index is 1.68. The Bertz CT molecular complexity index is 1420. The minimum absolute atomic E-state index is 0.182. The van der Waals surface area contributed by atoms with Crippen molar-refractivity contribution < 1.29 is 18.0 Å². The molecule has 6 nitrogen and oxygen atoms in total. The quantitative estimate of drug-likeness (QED) is 0.448. The summed E-state index contributed by atoms with van der Waals surface area (Å²) < 4.78 is 39.9. The fraction of sp³-hybridized carbons (Fsp3) is 0.217. The van der Waals surface area contributed by atoms with Gasteiger partial charge in [0, 0.05) is 11.3 Å². The van der Waals surface area contributed by atoms with E-state index in [0.717, 1.165) is 45.6 Å². The van der Waals surface area contributed by atoms with E-state index in [1.807, 2.05) is 32.0 Å². The van der Waals surface area contributed by atoms with Gasteiger partial charge in [0.2, 0.25) is 5.91 Å². The molecule has 1 N–H and O–H groups in total. The van der Waals surface area contributed by atoms with Crippen molar-refractivity contribution >= 4 is 33.1 Å². The summed E-state index contributed by atoms with van der Waals surface area (Å²) in [6, 6.07) is 9.93. The summed E-state index contributed by atoms with van der Waals surface area (Å²) in [6.07, 6.45) is -4.47. The van der Waals surface area contributed by atoms with E-state index in [1.54, 1.807) is 6.92 Å². The van der Waals surface area contributed by atoms with Crippen molar-refractivity contribution in [2.24, 2.45) is 0 Å². The second kappa shape index (κ2) is 8.43. The maximum absolute atomic E-state index is 12.9. The number of aryl methyl sites for hydroxylation is 3. The van der Waals surface area contributed by atoms with Crippen LogP contribution in [0.2, 0.25) is 0 Å². The van der Waals surface area contributed by atoms with Crippen molar-refractivity contribution in [3.63, 3.8) is 0 Å². The van der Waals surface area contributed by atoms with Gasteiger partial charge in [0.05, 0.1) is 15.3 Å². The molecule has 170 valence electrons. The van der Waals surface area contributed by atoms with Crippen LogP contribution in [-0.2, 0) is 17.5 Å². The van der Waals surface area contributed by atoms with Crippen molar-refractivity contribution in [3.05, 3.63) is 74.5 Å². The minimum atomic E-state index is -4.47. The number of alkyl halides is 3. The number of nitrogens with one attached hydrogen (secondary N) is 1. The van der Waals surface area contributed by atoms with Crippen molar-refractivity contribution in [1.29, 1.82) is 0 Å². The Hall–Kier alpha value is -3.53. The molecule has 0 saturated carbocycles. The minimum Gasteiger partial charge on any atom is -0.324 e. The normalized spacial score (nSPS) is 11.7. The molecule has 0 unspecified atom stereocenters. The maximum Gasteiger partial charge on any atom is 0.416 e. The monoisotopic (exact) mass is 472 g/mol. The summed E-state index contributed by atoms with van der Waals surface area (Å²) in [4.78, 5) is 29.9. The number of carbonyl (C=O) groups is 1. The average Bonchev–Trinajstić information content (AvgIpc) is 3.12. The Labute approximate surface area is 190 Å². The van der Waals surface area contributed by atoms with Crippen LogP contribution in [0, 0.1) is 20.8 Å². The van der Waals surface area contributed by atoms with Gasteiger partial charge in [0.15, 0.2) is 5.52 Å². The summed E-state index contributed by atoms with van der Waals surface area (Å²) in [5, 5.41) is 7.67. The Morgan fingerprint density at radius 2 is 1.79 bits per heavy atom. The first kappa shape index (κ1) is 22.7. The van der Waals surface area contributed by atoms with Gasteiger partial charge in [-0.05, 0) is 50.6 Å². The predicted octanol–water partition coefficient (Wildman–Crippen LogP) is 5.10. The van der Waals surface area contributed by atoms with Crippen LogP contribution in [0.4, 0.5) is 18.9 Å². The van der Waals surface area contributed by atoms with E-state index in [4.69, 9.17) is 0 Å². The highest BCUT2D eigenvalue weighted by Gasteiger charge is 2.30. The van der Waals surface area contributed by atoms with Gasteiger partial charge < -0.3 is 5.32 Å². The fourth-order valence-electron chi connectivity index (χ4n) is 3.51. The van der Waals surface area contributed by atoms with Gasteiger partial charge in [-0.25, -0.2) is 9.67 Å². The molecule has 1 amide bonds. The maximum atomic E-state index is 12.9. The molecule has 0 fully saturated rings. The van der Waals surface area contributed by atoms with Crippen LogP contribution in [-0.4, -0.2) is 20.7 Å². The summed E-state index contributed by atoms with van der Waals surface area (Å²) in [5.74, 6) is -0.595. The molecule has 0 aliphatic carbocycles. The number of benzene rings is 2. The second-order valence-electron chi connectivity index (χ2n) is 7.66. The lowest BCUT2D eigenvalue weighted by atomic mass is 10.0. The SMILES string of the molecule is Cc1ccc(-c2nn(CC(=O)Nc3ccc(C(F)(F)F)cc3)c(=O)c3nc(C)sc23)c(C)c1. The highest BCUT2D eigenvalue weighted by molar-refractivity contribution is 7.19. The topological polar surface area (TPSA) is 76.9 Å². The molecule has 33 heavy (non-hydrogen) atoms. The van der Waals surface area contributed by atoms with E-state index >= 15 is 0 Å². The molecule has 2 heterocycles. The van der Waals surface area contributed by atoms with Crippen molar-refractivity contribution in [2.75, 3.05) is 5.32 Å². The lowest BCUT2D eigenvalue weighted by molar-refractivity contribution is -0.137. The fourth-order valence-corrected chi connectivity index (χ4v) is 4.42. The molecule has 4 rings (SSSR count). The smallest absolute Gasteiger partial charge is 0.324 e. The third-order valence-corrected chi connectivity index (χ3v) is 6.01. The summed E-state index contributed by atoms with van der Waals surface area (Å²) in [5.41, 5.74) is 2.50. The van der Waals surface area contributed by atoms with Gasteiger partial charge >= 0.3 is 6.18 Å². The summed E-state index contributed by atoms with van der Waals surface area (Å²) in [7, 11) is 0. The molecule has 0 saturated heterocycles. The molecular formula is C23H19F3N4O2S. The van der Waals surface area contributed by atoms with Crippen molar-refractivity contribution in [1.82, 2.24) is 14.8 Å². The van der Waals surface area contributed by atoms with Crippen molar-refractivity contribution in [3.8, 4) is 11.3 Å². The van der Waals surface area contributed by atoms with Crippen LogP contribution < -0.4 is 10.9 Å². The van der Waals surface area contributed by atoms with Crippen LogP contribution >= 0.6 is 11.3 Å². The summed E-state index contributed by atoms with van der Waals surface area (Å²) >= 11 is 1.35. The van der Waals surface area contributed by atoms with Crippen LogP contribution in [0.15, 0.2) is 47.3 Å². The largest absolute Gasteiger partial charge is 0.416 e. The first-order valence-corrected chi connectivity index (χ1v) is 10.8. The number of nitrogens with zero attached hydrogens (tertiary/aromatic N) is 3. The number of rotatable bonds is 4. The predicted molar refractivity (Wildman–Crippen MR) is 121 cm³/mol. The molecule has 0 atom stereocenters. The number of aromatic nitrogens is 3. The Morgan fingerprint density at radius 3 is 2.42 bits per heavy atom. The van der Waals surface area contributed by atoms with Gasteiger partial charge in [0.25, 0.3) is 5.56 Å². The third kappa shape index (κ3) is 4.65. The van der Waals surface area contributed by atoms with E-state index in [-0.39, 0.29) is 11.2 Å². The second-order valence-corrected chi connectivity index (χ2v) is 8.87. The third-order valence-electron chi connectivity index (χ3n) is 5.03. The van der Waals surface area contributed by atoms with E-state index in [1.165, 1.54) is 11.3 Å². The highest BCUT2D eigenvalue weighted by atomic mass is 32.1. The van der Waals surface area contributed by atoms with Crippen LogP contribution in [0.1, 0.15) is 21.7 Å². The number of hydrogen-bond donors (Lipinski definition) is 1. The number of hydrogen-bond acceptors (Lipinski definition) is 5. The van der Waals surface area contributed by atoms with Crippen LogP contribution in [0.5, 0.6) is 0 Å². The molecule has 4 aromatic rings. The molecule has 0 aliphatic heterocycles. The Morgan fingerprint density at radius 1 is 1.09 bits per heavy atom. The summed E-state index contributed by atoms with van der Waals surface area (Å²) in [6.45, 7) is 5.29. The molecule has 0 radical (unpaired) electrons.